The normalized spacial score (nSPS) is 14.4. The average Bonchev–Trinajstić information content (AvgIpc) is 3.45. The molecular weight excluding hydrogens is 350 g/mol. The molecule has 0 saturated heterocycles. The van der Waals surface area contributed by atoms with Crippen molar-refractivity contribution in [1.29, 1.82) is 0 Å². The molecule has 2 aromatic carbocycles. The Morgan fingerprint density at radius 1 is 1.12 bits per heavy atom. The van der Waals surface area contributed by atoms with Crippen LogP contribution in [0.2, 0.25) is 5.02 Å². The maximum Gasteiger partial charge on any atom is 0.251 e. The van der Waals surface area contributed by atoms with Crippen molar-refractivity contribution in [2.45, 2.75) is 38.4 Å². The Morgan fingerprint density at radius 3 is 2.46 bits per heavy atom. The molecule has 136 valence electrons. The predicted molar refractivity (Wildman–Crippen MR) is 103 cm³/mol. The number of carbonyl (C=O) groups excluding carboxylic acids is 2. The molecule has 1 aliphatic rings. The summed E-state index contributed by atoms with van der Waals surface area (Å²) in [6, 6.07) is 14.5. The van der Waals surface area contributed by atoms with E-state index in [1.807, 2.05) is 18.2 Å². The standard InChI is InChI=1S/C20H22ClN3O2/c1-13(19(25)22-12-15-4-2-3-5-18(15)21)23-16-8-6-14(7-9-16)20(26)24-17-10-11-17/h2-9,13,17,23H,10-12H2,1H3,(H,22,25)(H,24,26). The van der Waals surface area contributed by atoms with Crippen molar-refractivity contribution < 1.29 is 9.59 Å². The van der Waals surface area contributed by atoms with Crippen LogP contribution in [0, 0.1) is 0 Å². The van der Waals surface area contributed by atoms with E-state index < -0.39 is 6.04 Å². The van der Waals surface area contributed by atoms with Gasteiger partial charge in [0.1, 0.15) is 6.04 Å². The maximum absolute atomic E-state index is 12.3. The van der Waals surface area contributed by atoms with E-state index in [2.05, 4.69) is 16.0 Å². The number of hydrogen-bond donors (Lipinski definition) is 3. The first kappa shape index (κ1) is 18.3. The minimum Gasteiger partial charge on any atom is -0.374 e. The third kappa shape index (κ3) is 4.99. The summed E-state index contributed by atoms with van der Waals surface area (Å²) in [5, 5.41) is 9.59. The zero-order valence-corrected chi connectivity index (χ0v) is 15.3. The third-order valence-corrected chi connectivity index (χ3v) is 4.62. The SMILES string of the molecule is CC(Nc1ccc(C(=O)NC2CC2)cc1)C(=O)NCc1ccccc1Cl. The summed E-state index contributed by atoms with van der Waals surface area (Å²) in [7, 11) is 0. The quantitative estimate of drug-likeness (QED) is 0.699. The van der Waals surface area contributed by atoms with E-state index >= 15 is 0 Å². The van der Waals surface area contributed by atoms with E-state index in [4.69, 9.17) is 11.6 Å². The first-order chi connectivity index (χ1) is 12.5. The van der Waals surface area contributed by atoms with Crippen LogP contribution in [-0.4, -0.2) is 23.9 Å². The highest BCUT2D eigenvalue weighted by Gasteiger charge is 2.23. The van der Waals surface area contributed by atoms with Crippen molar-refractivity contribution in [3.63, 3.8) is 0 Å². The van der Waals surface area contributed by atoms with Crippen LogP contribution in [-0.2, 0) is 11.3 Å². The van der Waals surface area contributed by atoms with Crippen molar-refractivity contribution in [3.05, 3.63) is 64.7 Å². The van der Waals surface area contributed by atoms with Gasteiger partial charge in [0, 0.05) is 28.9 Å². The summed E-state index contributed by atoms with van der Waals surface area (Å²) in [6.07, 6.45) is 2.12. The lowest BCUT2D eigenvalue weighted by Crippen LogP contribution is -2.37. The van der Waals surface area contributed by atoms with Gasteiger partial charge in [0.25, 0.3) is 5.91 Å². The Bertz CT molecular complexity index is 788. The van der Waals surface area contributed by atoms with E-state index in [1.54, 1.807) is 37.3 Å². The van der Waals surface area contributed by atoms with E-state index in [1.165, 1.54) is 0 Å². The molecule has 1 fully saturated rings. The summed E-state index contributed by atoms with van der Waals surface area (Å²) in [5.74, 6) is -0.176. The molecule has 2 amide bonds. The molecule has 5 nitrogen and oxygen atoms in total. The minimum absolute atomic E-state index is 0.0513. The first-order valence-corrected chi connectivity index (χ1v) is 9.09. The number of benzene rings is 2. The van der Waals surface area contributed by atoms with Gasteiger partial charge in [-0.2, -0.15) is 0 Å². The Morgan fingerprint density at radius 2 is 1.81 bits per heavy atom. The Hall–Kier alpha value is -2.53. The zero-order chi connectivity index (χ0) is 18.5. The van der Waals surface area contributed by atoms with Crippen LogP contribution in [0.5, 0.6) is 0 Å². The molecule has 0 heterocycles. The fraction of sp³-hybridized carbons (Fsp3) is 0.300. The van der Waals surface area contributed by atoms with E-state index in [9.17, 15) is 9.59 Å². The number of nitrogens with one attached hydrogen (secondary N) is 3. The van der Waals surface area contributed by atoms with E-state index in [0.29, 0.717) is 23.2 Å². The van der Waals surface area contributed by atoms with Gasteiger partial charge in [-0.1, -0.05) is 29.8 Å². The van der Waals surface area contributed by atoms with Crippen LogP contribution < -0.4 is 16.0 Å². The summed E-state index contributed by atoms with van der Waals surface area (Å²) in [4.78, 5) is 24.2. The molecule has 2 aromatic rings. The zero-order valence-electron chi connectivity index (χ0n) is 14.6. The number of amides is 2. The maximum atomic E-state index is 12.3. The van der Waals surface area contributed by atoms with Crippen LogP contribution in [0.1, 0.15) is 35.7 Å². The highest BCUT2D eigenvalue weighted by Crippen LogP contribution is 2.20. The lowest BCUT2D eigenvalue weighted by atomic mass is 10.1. The number of carbonyl (C=O) groups is 2. The fourth-order valence-electron chi connectivity index (χ4n) is 2.51. The second-order valence-corrected chi connectivity index (χ2v) is 6.91. The lowest BCUT2D eigenvalue weighted by molar-refractivity contribution is -0.121. The second-order valence-electron chi connectivity index (χ2n) is 6.50. The van der Waals surface area contributed by atoms with Crippen LogP contribution in [0.25, 0.3) is 0 Å². The molecule has 1 atom stereocenters. The molecule has 1 aliphatic carbocycles. The molecule has 0 bridgehead atoms. The van der Waals surface area contributed by atoms with Crippen LogP contribution in [0.15, 0.2) is 48.5 Å². The number of halogens is 1. The van der Waals surface area contributed by atoms with Gasteiger partial charge in [0.2, 0.25) is 5.91 Å². The largest absolute Gasteiger partial charge is 0.374 e. The molecule has 3 N–H and O–H groups in total. The van der Waals surface area contributed by atoms with Crippen molar-refractivity contribution in [2.75, 3.05) is 5.32 Å². The molecule has 1 unspecified atom stereocenters. The summed E-state index contributed by atoms with van der Waals surface area (Å²) < 4.78 is 0. The van der Waals surface area contributed by atoms with Gasteiger partial charge in [-0.3, -0.25) is 9.59 Å². The smallest absolute Gasteiger partial charge is 0.251 e. The lowest BCUT2D eigenvalue weighted by Gasteiger charge is -2.16. The highest BCUT2D eigenvalue weighted by molar-refractivity contribution is 6.31. The van der Waals surface area contributed by atoms with Gasteiger partial charge in [0.05, 0.1) is 0 Å². The van der Waals surface area contributed by atoms with Crippen LogP contribution in [0.3, 0.4) is 0 Å². The fourth-order valence-corrected chi connectivity index (χ4v) is 2.71. The number of rotatable bonds is 7. The number of hydrogen-bond acceptors (Lipinski definition) is 3. The monoisotopic (exact) mass is 371 g/mol. The van der Waals surface area contributed by atoms with Crippen LogP contribution >= 0.6 is 11.6 Å². The van der Waals surface area contributed by atoms with Gasteiger partial charge in [-0.15, -0.1) is 0 Å². The van der Waals surface area contributed by atoms with Crippen LogP contribution in [0.4, 0.5) is 5.69 Å². The van der Waals surface area contributed by atoms with Gasteiger partial charge in [0.15, 0.2) is 0 Å². The minimum atomic E-state index is -0.413. The molecular formula is C20H22ClN3O2. The summed E-state index contributed by atoms with van der Waals surface area (Å²) in [6.45, 7) is 2.17. The molecule has 1 saturated carbocycles. The molecule has 0 aliphatic heterocycles. The third-order valence-electron chi connectivity index (χ3n) is 4.25. The van der Waals surface area contributed by atoms with Crippen molar-refractivity contribution in [2.24, 2.45) is 0 Å². The van der Waals surface area contributed by atoms with Gasteiger partial charge in [-0.05, 0) is 55.7 Å². The molecule has 26 heavy (non-hydrogen) atoms. The molecule has 0 radical (unpaired) electrons. The Labute approximate surface area is 158 Å². The van der Waals surface area contributed by atoms with Gasteiger partial charge < -0.3 is 16.0 Å². The second kappa shape index (κ2) is 8.23. The summed E-state index contributed by atoms with van der Waals surface area (Å²) >= 11 is 6.09. The van der Waals surface area contributed by atoms with Gasteiger partial charge >= 0.3 is 0 Å². The molecule has 3 rings (SSSR count). The van der Waals surface area contributed by atoms with E-state index in [0.717, 1.165) is 24.1 Å². The molecule has 0 spiro atoms. The summed E-state index contributed by atoms with van der Waals surface area (Å²) in [5.41, 5.74) is 2.28. The molecule has 0 aromatic heterocycles. The van der Waals surface area contributed by atoms with Crippen molar-refractivity contribution in [1.82, 2.24) is 10.6 Å². The Balaban J connectivity index is 1.50. The van der Waals surface area contributed by atoms with E-state index in [-0.39, 0.29) is 11.8 Å². The topological polar surface area (TPSA) is 70.2 Å². The number of anilines is 1. The average molecular weight is 372 g/mol. The highest BCUT2D eigenvalue weighted by atomic mass is 35.5. The predicted octanol–water partition coefficient (Wildman–Crippen LogP) is 3.35. The van der Waals surface area contributed by atoms with Gasteiger partial charge in [-0.25, -0.2) is 0 Å². The first-order valence-electron chi connectivity index (χ1n) is 8.71. The van der Waals surface area contributed by atoms with Crippen molar-refractivity contribution in [3.8, 4) is 0 Å². The van der Waals surface area contributed by atoms with Crippen molar-refractivity contribution >= 4 is 29.1 Å². The Kier molecular flexibility index (Phi) is 5.78. The molecule has 6 heteroatoms.